The Morgan fingerprint density at radius 1 is 1.15 bits per heavy atom. The third-order valence-corrected chi connectivity index (χ3v) is 4.60. The molecule has 1 N–H and O–H groups in total. The van der Waals surface area contributed by atoms with Gasteiger partial charge in [-0.3, -0.25) is 9.59 Å². The normalized spacial score (nSPS) is 13.8. The number of anilines is 2. The zero-order chi connectivity index (χ0) is 18.8. The predicted molar refractivity (Wildman–Crippen MR) is 103 cm³/mol. The molecule has 136 valence electrons. The molecule has 2 aromatic carbocycles. The third kappa shape index (κ3) is 3.46. The second kappa shape index (κ2) is 7.07. The van der Waals surface area contributed by atoms with Gasteiger partial charge in [0.2, 0.25) is 11.7 Å². The van der Waals surface area contributed by atoms with E-state index in [1.807, 2.05) is 49.4 Å². The molecule has 3 aromatic rings. The highest BCUT2D eigenvalue weighted by Crippen LogP contribution is 2.30. The maximum Gasteiger partial charge on any atom is 0.294 e. The summed E-state index contributed by atoms with van der Waals surface area (Å²) in [6, 6.07) is 16.7. The molecule has 6 heteroatoms. The van der Waals surface area contributed by atoms with Gasteiger partial charge < -0.3 is 14.7 Å². The molecule has 4 rings (SSSR count). The first-order valence-corrected chi connectivity index (χ1v) is 8.86. The molecule has 0 unspecified atom stereocenters. The Bertz CT molecular complexity index is 992. The van der Waals surface area contributed by atoms with E-state index in [4.69, 9.17) is 4.52 Å². The smallest absolute Gasteiger partial charge is 0.294 e. The number of carbonyl (C=O) groups is 2. The zero-order valence-corrected chi connectivity index (χ0v) is 14.9. The van der Waals surface area contributed by atoms with Crippen molar-refractivity contribution < 1.29 is 14.1 Å². The molecule has 1 aliphatic heterocycles. The lowest BCUT2D eigenvalue weighted by Gasteiger charge is -2.19. The van der Waals surface area contributed by atoms with Crippen molar-refractivity contribution in [3.63, 3.8) is 0 Å². The summed E-state index contributed by atoms with van der Waals surface area (Å²) in [4.78, 5) is 26.4. The van der Waals surface area contributed by atoms with Crippen LogP contribution in [0.25, 0.3) is 11.3 Å². The summed E-state index contributed by atoms with van der Waals surface area (Å²) in [6.45, 7) is 2.67. The fourth-order valence-electron chi connectivity index (χ4n) is 3.14. The number of carbonyl (C=O) groups excluding carboxylic acids is 2. The molecule has 1 aromatic heterocycles. The van der Waals surface area contributed by atoms with Gasteiger partial charge in [-0.2, -0.15) is 0 Å². The number of benzene rings is 2. The van der Waals surface area contributed by atoms with E-state index >= 15 is 0 Å². The molecule has 0 atom stereocenters. The summed E-state index contributed by atoms with van der Waals surface area (Å²) in [5.74, 6) is -0.217. The molecule has 0 aliphatic carbocycles. The monoisotopic (exact) mass is 361 g/mol. The molecule has 0 bridgehead atoms. The van der Waals surface area contributed by atoms with Crippen LogP contribution in [0.3, 0.4) is 0 Å². The number of amides is 2. The van der Waals surface area contributed by atoms with Gasteiger partial charge in [0.1, 0.15) is 5.69 Å². The highest BCUT2D eigenvalue weighted by Gasteiger charge is 2.25. The molecule has 1 aliphatic rings. The average Bonchev–Trinajstić information content (AvgIpc) is 3.32. The van der Waals surface area contributed by atoms with Crippen molar-refractivity contribution in [1.82, 2.24) is 5.16 Å². The molecule has 1 fully saturated rings. The van der Waals surface area contributed by atoms with Crippen LogP contribution in [0.5, 0.6) is 0 Å². The summed E-state index contributed by atoms with van der Waals surface area (Å²) in [7, 11) is 0. The molecule has 0 spiro atoms. The van der Waals surface area contributed by atoms with E-state index < -0.39 is 5.91 Å². The van der Waals surface area contributed by atoms with E-state index in [0.29, 0.717) is 30.0 Å². The maximum atomic E-state index is 12.6. The molecule has 0 saturated carbocycles. The van der Waals surface area contributed by atoms with Crippen molar-refractivity contribution in [3.05, 3.63) is 65.9 Å². The Morgan fingerprint density at radius 2 is 1.93 bits per heavy atom. The second-order valence-electron chi connectivity index (χ2n) is 6.56. The quantitative estimate of drug-likeness (QED) is 0.761. The highest BCUT2D eigenvalue weighted by atomic mass is 16.5. The lowest BCUT2D eigenvalue weighted by Crippen LogP contribution is -2.25. The van der Waals surface area contributed by atoms with Crippen molar-refractivity contribution in [3.8, 4) is 11.3 Å². The molecular weight excluding hydrogens is 342 g/mol. The topological polar surface area (TPSA) is 75.4 Å². The van der Waals surface area contributed by atoms with Gasteiger partial charge in [-0.05, 0) is 25.5 Å². The summed E-state index contributed by atoms with van der Waals surface area (Å²) in [5, 5.41) is 6.82. The van der Waals surface area contributed by atoms with Crippen LogP contribution in [0.1, 0.15) is 29.0 Å². The van der Waals surface area contributed by atoms with Gasteiger partial charge >= 0.3 is 0 Å². The number of aryl methyl sites for hydroxylation is 1. The predicted octanol–water partition coefficient (Wildman–Crippen LogP) is 4.03. The minimum Gasteiger partial charge on any atom is -0.350 e. The third-order valence-electron chi connectivity index (χ3n) is 4.60. The van der Waals surface area contributed by atoms with Crippen molar-refractivity contribution in [2.45, 2.75) is 19.8 Å². The lowest BCUT2D eigenvalue weighted by molar-refractivity contribution is -0.117. The van der Waals surface area contributed by atoms with Gasteiger partial charge in [0.25, 0.3) is 5.91 Å². The zero-order valence-electron chi connectivity index (χ0n) is 14.9. The average molecular weight is 361 g/mol. The van der Waals surface area contributed by atoms with Crippen LogP contribution in [0.4, 0.5) is 11.4 Å². The number of hydrogen-bond donors (Lipinski definition) is 1. The second-order valence-corrected chi connectivity index (χ2v) is 6.56. The van der Waals surface area contributed by atoms with Crippen molar-refractivity contribution in [2.75, 3.05) is 16.8 Å². The number of para-hydroxylation sites is 2. The Balaban J connectivity index is 1.55. The van der Waals surface area contributed by atoms with Gasteiger partial charge in [0, 0.05) is 24.6 Å². The Hall–Kier alpha value is -3.41. The van der Waals surface area contributed by atoms with Crippen LogP contribution >= 0.6 is 0 Å². The van der Waals surface area contributed by atoms with Crippen LogP contribution in [0.2, 0.25) is 0 Å². The largest absolute Gasteiger partial charge is 0.350 e. The van der Waals surface area contributed by atoms with Crippen LogP contribution in [-0.4, -0.2) is 23.5 Å². The van der Waals surface area contributed by atoms with Crippen molar-refractivity contribution in [2.24, 2.45) is 0 Å². The summed E-state index contributed by atoms with van der Waals surface area (Å²) in [5.41, 5.74) is 3.90. The standard InChI is InChI=1S/C21H19N3O3/c1-14-8-10-15(11-9-14)17-13-19(27-23-17)21(26)22-16-5-2-3-6-18(16)24-12-4-7-20(24)25/h2-3,5-6,8-11,13H,4,7,12H2,1H3,(H,22,26). The van der Waals surface area contributed by atoms with Crippen LogP contribution in [0.15, 0.2) is 59.1 Å². The molecule has 2 amide bonds. The van der Waals surface area contributed by atoms with Crippen LogP contribution in [0, 0.1) is 6.92 Å². The SMILES string of the molecule is Cc1ccc(-c2cc(C(=O)Nc3ccccc3N3CCCC3=O)on2)cc1. The fourth-order valence-corrected chi connectivity index (χ4v) is 3.14. The highest BCUT2D eigenvalue weighted by molar-refractivity contribution is 6.07. The van der Waals surface area contributed by atoms with E-state index in [1.54, 1.807) is 17.0 Å². The first-order valence-electron chi connectivity index (χ1n) is 8.86. The van der Waals surface area contributed by atoms with Gasteiger partial charge in [-0.1, -0.05) is 47.1 Å². The van der Waals surface area contributed by atoms with Crippen LogP contribution in [-0.2, 0) is 4.79 Å². The molecule has 1 saturated heterocycles. The minimum absolute atomic E-state index is 0.0676. The van der Waals surface area contributed by atoms with Gasteiger partial charge in [0.15, 0.2) is 0 Å². The number of aromatic nitrogens is 1. The molecule has 6 nitrogen and oxygen atoms in total. The van der Waals surface area contributed by atoms with Gasteiger partial charge in [-0.25, -0.2) is 0 Å². The van der Waals surface area contributed by atoms with Gasteiger partial charge in [-0.15, -0.1) is 0 Å². The molecule has 0 radical (unpaired) electrons. The van der Waals surface area contributed by atoms with E-state index in [-0.39, 0.29) is 11.7 Å². The first kappa shape index (κ1) is 17.0. The summed E-state index contributed by atoms with van der Waals surface area (Å²) < 4.78 is 5.23. The van der Waals surface area contributed by atoms with E-state index in [9.17, 15) is 9.59 Å². The number of hydrogen-bond acceptors (Lipinski definition) is 4. The fraction of sp³-hybridized carbons (Fsp3) is 0.190. The molecule has 27 heavy (non-hydrogen) atoms. The van der Waals surface area contributed by atoms with Gasteiger partial charge in [0.05, 0.1) is 11.4 Å². The first-order chi connectivity index (χ1) is 13.1. The van der Waals surface area contributed by atoms with Crippen molar-refractivity contribution in [1.29, 1.82) is 0 Å². The Morgan fingerprint density at radius 3 is 2.67 bits per heavy atom. The Labute approximate surface area is 156 Å². The summed E-state index contributed by atoms with van der Waals surface area (Å²) in [6.07, 6.45) is 1.35. The maximum absolute atomic E-state index is 12.6. The van der Waals surface area contributed by atoms with Crippen molar-refractivity contribution >= 4 is 23.2 Å². The van der Waals surface area contributed by atoms with E-state index in [2.05, 4.69) is 10.5 Å². The number of nitrogens with one attached hydrogen (secondary N) is 1. The minimum atomic E-state index is -0.403. The Kier molecular flexibility index (Phi) is 4.46. The summed E-state index contributed by atoms with van der Waals surface area (Å²) >= 11 is 0. The molecule has 2 heterocycles. The van der Waals surface area contributed by atoms with E-state index in [0.717, 1.165) is 17.5 Å². The lowest BCUT2D eigenvalue weighted by atomic mass is 10.1. The van der Waals surface area contributed by atoms with E-state index in [1.165, 1.54) is 0 Å². The molecular formula is C21H19N3O3. The number of rotatable bonds is 4. The van der Waals surface area contributed by atoms with Crippen LogP contribution < -0.4 is 10.2 Å². The number of nitrogens with zero attached hydrogens (tertiary/aromatic N) is 2.